The number of likely N-dealkylation sites (N-methyl/N-ethyl adjacent to an activating group) is 4. The van der Waals surface area contributed by atoms with Gasteiger partial charge in [-0.05, 0) is 50.2 Å². The molecule has 4 heteroatoms. The number of nitrogens with zero attached hydrogens (tertiary/aromatic N) is 4. The Morgan fingerprint density at radius 1 is 0.643 bits per heavy atom. The number of fused-ring (bicyclic) bond motifs is 7. The number of para-hydroxylation sites is 2. The highest BCUT2D eigenvalue weighted by molar-refractivity contribution is 5.73. The molecule has 4 heterocycles. The van der Waals surface area contributed by atoms with Crippen LogP contribution in [0.3, 0.4) is 0 Å². The fourth-order valence-electron chi connectivity index (χ4n) is 7.73. The number of benzene rings is 2. The average Bonchev–Trinajstić information content (AvgIpc) is 3.39. The summed E-state index contributed by atoms with van der Waals surface area (Å²) in [5, 5.41) is 0. The Morgan fingerprint density at radius 3 is 1.46 bits per heavy atom. The molecule has 2 aromatic rings. The van der Waals surface area contributed by atoms with Gasteiger partial charge in [0.25, 0.3) is 0 Å². The Bertz CT molecular complexity index is 880. The quantitative estimate of drug-likeness (QED) is 0.760. The lowest BCUT2D eigenvalue weighted by atomic mass is 9.55. The van der Waals surface area contributed by atoms with E-state index in [2.05, 4.69) is 96.3 Å². The zero-order chi connectivity index (χ0) is 19.3. The van der Waals surface area contributed by atoms with Crippen LogP contribution < -0.4 is 9.80 Å². The summed E-state index contributed by atoms with van der Waals surface area (Å²) < 4.78 is 0. The molecule has 4 atom stereocenters. The number of anilines is 2. The second-order valence-corrected chi connectivity index (χ2v) is 9.41. The van der Waals surface area contributed by atoms with Crippen LogP contribution in [-0.4, -0.2) is 63.4 Å². The predicted octanol–water partition coefficient (Wildman–Crippen LogP) is 3.09. The van der Waals surface area contributed by atoms with Gasteiger partial charge < -0.3 is 9.80 Å². The van der Waals surface area contributed by atoms with Crippen molar-refractivity contribution in [3.63, 3.8) is 0 Å². The molecule has 146 valence electrons. The van der Waals surface area contributed by atoms with Gasteiger partial charge in [-0.1, -0.05) is 36.4 Å². The summed E-state index contributed by atoms with van der Waals surface area (Å²) in [6.45, 7) is 2.32. The number of hydrogen-bond acceptors (Lipinski definition) is 4. The SMILES string of the molecule is CN1CCC2([C@@]34CCN(C)[C@@H]3N(C)c3ccccc34)c3ccccc3N(C)[C@@H]12. The van der Waals surface area contributed by atoms with Crippen LogP contribution in [0.15, 0.2) is 48.5 Å². The molecule has 4 nitrogen and oxygen atoms in total. The first-order valence-electron chi connectivity index (χ1n) is 10.6. The van der Waals surface area contributed by atoms with Gasteiger partial charge >= 0.3 is 0 Å². The third-order valence-corrected chi connectivity index (χ3v) is 8.49. The summed E-state index contributed by atoms with van der Waals surface area (Å²) in [4.78, 5) is 10.3. The molecule has 2 saturated heterocycles. The van der Waals surface area contributed by atoms with E-state index in [1.807, 2.05) is 0 Å². The van der Waals surface area contributed by atoms with Gasteiger partial charge in [0.05, 0.1) is 12.3 Å². The summed E-state index contributed by atoms with van der Waals surface area (Å²) in [5.74, 6) is 0. The molecular formula is C24H30N4. The van der Waals surface area contributed by atoms with Crippen LogP contribution in [0.2, 0.25) is 0 Å². The fraction of sp³-hybridized carbons (Fsp3) is 0.500. The van der Waals surface area contributed by atoms with E-state index in [1.165, 1.54) is 24.2 Å². The molecule has 0 spiro atoms. The molecule has 0 amide bonds. The molecule has 2 fully saturated rings. The van der Waals surface area contributed by atoms with Crippen molar-refractivity contribution in [3.05, 3.63) is 59.7 Å². The highest BCUT2D eigenvalue weighted by atomic mass is 15.4. The molecule has 0 radical (unpaired) electrons. The lowest BCUT2D eigenvalue weighted by molar-refractivity contribution is 0.126. The first kappa shape index (κ1) is 16.9. The Balaban J connectivity index is 1.71. The monoisotopic (exact) mass is 374 g/mol. The maximum Gasteiger partial charge on any atom is 0.0924 e. The lowest BCUT2D eigenvalue weighted by Gasteiger charge is -2.50. The van der Waals surface area contributed by atoms with Crippen molar-refractivity contribution in [2.45, 2.75) is 36.0 Å². The van der Waals surface area contributed by atoms with Crippen LogP contribution >= 0.6 is 0 Å². The van der Waals surface area contributed by atoms with Crippen molar-refractivity contribution in [2.75, 3.05) is 51.1 Å². The summed E-state index contributed by atoms with van der Waals surface area (Å²) >= 11 is 0. The van der Waals surface area contributed by atoms with E-state index in [4.69, 9.17) is 0 Å². The Hall–Kier alpha value is -2.04. The van der Waals surface area contributed by atoms with Gasteiger partial charge in [0.1, 0.15) is 0 Å². The maximum atomic E-state index is 2.60. The standard InChI is InChI=1S/C24H30N4/c1-25-15-13-23(17-9-5-7-11-19(17)27(3)21(23)25)24-14-16-26(2)22(24)28(4)20-12-8-6-10-18(20)24/h5-12,21-22H,13-16H2,1-4H3/t21-,22-,23-,24?/m1/s1. The summed E-state index contributed by atoms with van der Waals surface area (Å²) in [6, 6.07) is 18.4. The van der Waals surface area contributed by atoms with E-state index in [-0.39, 0.29) is 10.8 Å². The molecule has 2 aromatic carbocycles. The number of hydrogen-bond donors (Lipinski definition) is 0. The maximum absolute atomic E-state index is 2.60. The second-order valence-electron chi connectivity index (χ2n) is 9.41. The Labute approximate surface area is 168 Å². The highest BCUT2D eigenvalue weighted by Crippen LogP contribution is 2.68. The molecular weight excluding hydrogens is 344 g/mol. The third kappa shape index (κ3) is 1.60. The molecule has 4 aliphatic rings. The normalized spacial score (nSPS) is 36.6. The molecule has 0 saturated carbocycles. The van der Waals surface area contributed by atoms with Crippen molar-refractivity contribution in [1.29, 1.82) is 0 Å². The van der Waals surface area contributed by atoms with Crippen LogP contribution in [0.5, 0.6) is 0 Å². The predicted molar refractivity (Wildman–Crippen MR) is 115 cm³/mol. The van der Waals surface area contributed by atoms with E-state index in [1.54, 1.807) is 11.1 Å². The summed E-state index contributed by atoms with van der Waals surface area (Å²) in [5.41, 5.74) is 6.21. The molecule has 0 aromatic heterocycles. The first-order chi connectivity index (χ1) is 13.5. The molecule has 28 heavy (non-hydrogen) atoms. The number of rotatable bonds is 1. The van der Waals surface area contributed by atoms with Gasteiger partial charge in [0, 0.05) is 49.4 Å². The summed E-state index contributed by atoms with van der Waals surface area (Å²) in [6.07, 6.45) is 3.28. The van der Waals surface area contributed by atoms with Gasteiger partial charge in [-0.2, -0.15) is 0 Å². The molecule has 0 N–H and O–H groups in total. The zero-order valence-corrected chi connectivity index (χ0v) is 17.4. The van der Waals surface area contributed by atoms with Crippen LogP contribution in [0.4, 0.5) is 11.4 Å². The molecule has 0 aliphatic carbocycles. The molecule has 0 bridgehead atoms. The van der Waals surface area contributed by atoms with E-state index in [0.717, 1.165) is 13.1 Å². The van der Waals surface area contributed by atoms with Crippen molar-refractivity contribution < 1.29 is 0 Å². The van der Waals surface area contributed by atoms with E-state index < -0.39 is 0 Å². The topological polar surface area (TPSA) is 13.0 Å². The van der Waals surface area contributed by atoms with Gasteiger partial charge in [-0.15, -0.1) is 0 Å². The zero-order valence-electron chi connectivity index (χ0n) is 17.4. The Morgan fingerprint density at radius 2 is 1.04 bits per heavy atom. The fourth-order valence-corrected chi connectivity index (χ4v) is 7.73. The largest absolute Gasteiger partial charge is 0.358 e. The third-order valence-electron chi connectivity index (χ3n) is 8.49. The van der Waals surface area contributed by atoms with Gasteiger partial charge in [0.15, 0.2) is 0 Å². The van der Waals surface area contributed by atoms with Crippen molar-refractivity contribution in [2.24, 2.45) is 0 Å². The van der Waals surface area contributed by atoms with Crippen LogP contribution in [0.1, 0.15) is 24.0 Å². The van der Waals surface area contributed by atoms with Gasteiger partial charge in [0.2, 0.25) is 0 Å². The minimum Gasteiger partial charge on any atom is -0.358 e. The minimum absolute atomic E-state index is 0.114. The van der Waals surface area contributed by atoms with Crippen LogP contribution in [0, 0.1) is 0 Å². The van der Waals surface area contributed by atoms with E-state index in [0.29, 0.717) is 12.3 Å². The smallest absolute Gasteiger partial charge is 0.0924 e. The highest BCUT2D eigenvalue weighted by Gasteiger charge is 2.72. The minimum atomic E-state index is 0.114. The average molecular weight is 375 g/mol. The van der Waals surface area contributed by atoms with Crippen LogP contribution in [-0.2, 0) is 10.8 Å². The van der Waals surface area contributed by atoms with Crippen molar-refractivity contribution in [3.8, 4) is 0 Å². The van der Waals surface area contributed by atoms with Crippen molar-refractivity contribution in [1.82, 2.24) is 9.80 Å². The van der Waals surface area contributed by atoms with Crippen LogP contribution in [0.25, 0.3) is 0 Å². The number of likely N-dealkylation sites (tertiary alicyclic amines) is 2. The van der Waals surface area contributed by atoms with Crippen molar-refractivity contribution >= 4 is 11.4 Å². The van der Waals surface area contributed by atoms with Gasteiger partial charge in [-0.25, -0.2) is 0 Å². The van der Waals surface area contributed by atoms with E-state index in [9.17, 15) is 0 Å². The Kier molecular flexibility index (Phi) is 3.20. The summed E-state index contributed by atoms with van der Waals surface area (Å²) in [7, 11) is 9.26. The second kappa shape index (κ2) is 5.31. The first-order valence-corrected chi connectivity index (χ1v) is 10.6. The molecule has 1 unspecified atom stereocenters. The lowest BCUT2D eigenvalue weighted by Crippen LogP contribution is -2.62. The van der Waals surface area contributed by atoms with Gasteiger partial charge in [-0.3, -0.25) is 9.80 Å². The molecule has 4 aliphatic heterocycles. The van der Waals surface area contributed by atoms with E-state index >= 15 is 0 Å². The molecule has 6 rings (SSSR count).